The number of rotatable bonds is 1. The van der Waals surface area contributed by atoms with Crippen LogP contribution in [0.4, 0.5) is 0 Å². The fourth-order valence-electron chi connectivity index (χ4n) is 1.09. The first-order valence-electron chi connectivity index (χ1n) is 4.51. The van der Waals surface area contributed by atoms with Crippen LogP contribution in [0.15, 0.2) is 15.8 Å². The van der Waals surface area contributed by atoms with Gasteiger partial charge in [-0.25, -0.2) is 4.79 Å². The van der Waals surface area contributed by atoms with Gasteiger partial charge in [-0.15, -0.1) is 0 Å². The van der Waals surface area contributed by atoms with E-state index in [9.17, 15) is 9.59 Å². The van der Waals surface area contributed by atoms with Gasteiger partial charge in [-0.3, -0.25) is 14.3 Å². The lowest BCUT2D eigenvalue weighted by atomic mass is 10.3. The second-order valence-corrected chi connectivity index (χ2v) is 3.26. The molecule has 0 radical (unpaired) electrons. The molecular weight excluding hydrogens is 196 g/mol. The minimum atomic E-state index is -0.530. The van der Waals surface area contributed by atoms with E-state index in [-0.39, 0.29) is 18.2 Å². The molecule has 0 aliphatic heterocycles. The molecule has 0 saturated carbocycles. The van der Waals surface area contributed by atoms with E-state index >= 15 is 0 Å². The van der Waals surface area contributed by atoms with Gasteiger partial charge in [0.25, 0.3) is 5.56 Å². The number of aliphatic hydroxyl groups excluding tert-OH is 1. The highest BCUT2D eigenvalue weighted by atomic mass is 16.2. The van der Waals surface area contributed by atoms with Crippen molar-refractivity contribution in [2.24, 2.45) is 0 Å². The molecule has 5 heteroatoms. The third-order valence-corrected chi connectivity index (χ3v) is 1.83. The number of nitrogens with zero attached hydrogens (tertiary/aromatic N) is 1. The first-order chi connectivity index (χ1) is 7.06. The fraction of sp³-hybridized carbons (Fsp3) is 0.400. The third-order valence-electron chi connectivity index (χ3n) is 1.83. The smallest absolute Gasteiger partial charge is 0.328 e. The van der Waals surface area contributed by atoms with Crippen molar-refractivity contribution in [2.45, 2.75) is 19.9 Å². The van der Waals surface area contributed by atoms with Crippen molar-refractivity contribution in [2.75, 3.05) is 6.61 Å². The highest BCUT2D eigenvalue weighted by Gasteiger charge is 2.04. The van der Waals surface area contributed by atoms with Gasteiger partial charge in [-0.2, -0.15) is 0 Å². The van der Waals surface area contributed by atoms with Gasteiger partial charge in [0, 0.05) is 12.2 Å². The van der Waals surface area contributed by atoms with E-state index in [2.05, 4.69) is 16.8 Å². The van der Waals surface area contributed by atoms with Gasteiger partial charge in [0.1, 0.15) is 12.2 Å². The maximum absolute atomic E-state index is 11.3. The lowest BCUT2D eigenvalue weighted by Gasteiger charge is -2.08. The number of aromatic amines is 1. The Balaban J connectivity index is 3.37. The summed E-state index contributed by atoms with van der Waals surface area (Å²) >= 11 is 0. The number of hydrogen-bond donors (Lipinski definition) is 2. The number of hydrogen-bond acceptors (Lipinski definition) is 3. The number of H-pyrrole nitrogens is 1. The Bertz CT molecular complexity index is 514. The van der Waals surface area contributed by atoms with Gasteiger partial charge in [-0.1, -0.05) is 11.8 Å². The average Bonchev–Trinajstić information content (AvgIpc) is 2.16. The predicted octanol–water partition coefficient (Wildman–Crippen LogP) is -0.539. The molecular formula is C10H12N2O3. The molecule has 0 bridgehead atoms. The van der Waals surface area contributed by atoms with E-state index in [0.717, 1.165) is 0 Å². The summed E-state index contributed by atoms with van der Waals surface area (Å²) in [6.45, 7) is 3.33. The van der Waals surface area contributed by atoms with Crippen molar-refractivity contribution in [1.29, 1.82) is 0 Å². The molecule has 1 aromatic rings. The topological polar surface area (TPSA) is 75.1 Å². The van der Waals surface area contributed by atoms with Crippen molar-refractivity contribution in [3.8, 4) is 11.8 Å². The Labute approximate surface area is 86.4 Å². The van der Waals surface area contributed by atoms with Crippen LogP contribution in [0.25, 0.3) is 0 Å². The molecule has 5 nitrogen and oxygen atoms in total. The van der Waals surface area contributed by atoms with E-state index in [0.29, 0.717) is 0 Å². The average molecular weight is 208 g/mol. The molecule has 0 amide bonds. The lowest BCUT2D eigenvalue weighted by Crippen LogP contribution is -2.32. The first-order valence-corrected chi connectivity index (χ1v) is 4.51. The number of nitrogens with one attached hydrogen (secondary N) is 1. The van der Waals surface area contributed by atoms with Crippen LogP contribution in [0.3, 0.4) is 0 Å². The highest BCUT2D eigenvalue weighted by Crippen LogP contribution is 1.97. The van der Waals surface area contributed by atoms with E-state index in [4.69, 9.17) is 5.11 Å². The molecule has 2 N–H and O–H groups in total. The largest absolute Gasteiger partial charge is 0.384 e. The maximum Gasteiger partial charge on any atom is 0.328 e. The fourth-order valence-corrected chi connectivity index (χ4v) is 1.09. The van der Waals surface area contributed by atoms with E-state index in [1.54, 1.807) is 0 Å². The van der Waals surface area contributed by atoms with Crippen molar-refractivity contribution in [1.82, 2.24) is 9.55 Å². The molecule has 0 aliphatic carbocycles. The Hall–Kier alpha value is -1.80. The van der Waals surface area contributed by atoms with Crippen molar-refractivity contribution in [3.63, 3.8) is 0 Å². The summed E-state index contributed by atoms with van der Waals surface area (Å²) in [7, 11) is 0. The molecule has 0 saturated heterocycles. The van der Waals surface area contributed by atoms with Crippen LogP contribution < -0.4 is 11.2 Å². The molecule has 0 aromatic carbocycles. The quantitative estimate of drug-likeness (QED) is 0.609. The standard InChI is InChI=1S/C10H12N2O3/c1-7(2)12-6-8(4-3-5-13)9(14)11-10(12)15/h6-7,13H,5H2,1-2H3,(H,11,14,15). The molecule has 0 unspecified atom stereocenters. The Morgan fingerprint density at radius 1 is 1.53 bits per heavy atom. The third kappa shape index (κ3) is 2.58. The predicted molar refractivity (Wildman–Crippen MR) is 55.7 cm³/mol. The Morgan fingerprint density at radius 2 is 2.20 bits per heavy atom. The molecule has 1 heterocycles. The molecule has 0 atom stereocenters. The summed E-state index contributed by atoms with van der Waals surface area (Å²) in [6.07, 6.45) is 1.40. The van der Waals surface area contributed by atoms with Crippen LogP contribution in [0.2, 0.25) is 0 Å². The second-order valence-electron chi connectivity index (χ2n) is 3.26. The Kier molecular flexibility index (Phi) is 3.47. The van der Waals surface area contributed by atoms with Crippen LogP contribution in [0, 0.1) is 11.8 Å². The summed E-state index contributed by atoms with van der Waals surface area (Å²) in [4.78, 5) is 24.8. The van der Waals surface area contributed by atoms with Crippen LogP contribution in [0.1, 0.15) is 25.5 Å². The molecule has 15 heavy (non-hydrogen) atoms. The summed E-state index contributed by atoms with van der Waals surface area (Å²) in [5.74, 6) is 4.84. The van der Waals surface area contributed by atoms with Crippen LogP contribution in [-0.2, 0) is 0 Å². The first kappa shape index (κ1) is 11.3. The van der Waals surface area contributed by atoms with Crippen LogP contribution in [0.5, 0.6) is 0 Å². The van der Waals surface area contributed by atoms with Crippen molar-refractivity contribution >= 4 is 0 Å². The summed E-state index contributed by atoms with van der Waals surface area (Å²) in [6, 6.07) is -0.0518. The molecule has 1 rings (SSSR count). The van der Waals surface area contributed by atoms with Crippen molar-refractivity contribution < 1.29 is 5.11 Å². The van der Waals surface area contributed by atoms with Gasteiger partial charge >= 0.3 is 5.69 Å². The van der Waals surface area contributed by atoms with Crippen LogP contribution >= 0.6 is 0 Å². The highest BCUT2D eigenvalue weighted by molar-refractivity contribution is 5.29. The minimum Gasteiger partial charge on any atom is -0.384 e. The van der Waals surface area contributed by atoms with Gasteiger partial charge < -0.3 is 5.11 Å². The van der Waals surface area contributed by atoms with Gasteiger partial charge in [-0.05, 0) is 13.8 Å². The molecule has 0 aliphatic rings. The summed E-state index contributed by atoms with van der Waals surface area (Å²) < 4.78 is 1.38. The SMILES string of the molecule is CC(C)n1cc(C#CCO)c(=O)[nH]c1=O. The van der Waals surface area contributed by atoms with E-state index in [1.807, 2.05) is 13.8 Å². The number of aliphatic hydroxyl groups is 1. The molecule has 0 fully saturated rings. The van der Waals surface area contributed by atoms with E-state index in [1.165, 1.54) is 10.8 Å². The van der Waals surface area contributed by atoms with Gasteiger partial charge in [0.15, 0.2) is 0 Å². The van der Waals surface area contributed by atoms with Gasteiger partial charge in [0.2, 0.25) is 0 Å². The zero-order valence-corrected chi connectivity index (χ0v) is 8.57. The second kappa shape index (κ2) is 4.62. The monoisotopic (exact) mass is 208 g/mol. The Morgan fingerprint density at radius 3 is 2.73 bits per heavy atom. The minimum absolute atomic E-state index is 0.0518. The molecule has 1 aromatic heterocycles. The zero-order valence-electron chi connectivity index (χ0n) is 8.57. The summed E-state index contributed by atoms with van der Waals surface area (Å²) in [5.41, 5.74) is -0.806. The number of aromatic nitrogens is 2. The molecule has 80 valence electrons. The lowest BCUT2D eigenvalue weighted by molar-refractivity contribution is 0.350. The normalized spacial score (nSPS) is 9.87. The van der Waals surface area contributed by atoms with Crippen LogP contribution in [-0.4, -0.2) is 21.3 Å². The van der Waals surface area contributed by atoms with Gasteiger partial charge in [0.05, 0.1) is 0 Å². The zero-order chi connectivity index (χ0) is 11.4. The summed E-state index contributed by atoms with van der Waals surface area (Å²) in [5, 5.41) is 8.50. The van der Waals surface area contributed by atoms with Crippen molar-refractivity contribution in [3.05, 3.63) is 32.6 Å². The van der Waals surface area contributed by atoms with E-state index < -0.39 is 11.2 Å². The molecule has 0 spiro atoms. The maximum atomic E-state index is 11.3.